The zero-order valence-corrected chi connectivity index (χ0v) is 14.1. The van der Waals surface area contributed by atoms with Crippen molar-refractivity contribution < 1.29 is 4.74 Å². The number of ether oxygens (including phenoxy) is 1. The van der Waals surface area contributed by atoms with Crippen molar-refractivity contribution in [3.63, 3.8) is 0 Å². The van der Waals surface area contributed by atoms with E-state index in [2.05, 4.69) is 64.2 Å². The Kier molecular flexibility index (Phi) is 3.56. The number of fused-ring (bicyclic) bond motifs is 1. The summed E-state index contributed by atoms with van der Waals surface area (Å²) in [7, 11) is 0. The summed E-state index contributed by atoms with van der Waals surface area (Å²) >= 11 is 0. The molecule has 116 valence electrons. The molecule has 1 N–H and O–H groups in total. The van der Waals surface area contributed by atoms with E-state index in [4.69, 9.17) is 4.74 Å². The number of nitrogens with one attached hydrogen (secondary N) is 1. The van der Waals surface area contributed by atoms with Gasteiger partial charge in [0.25, 0.3) is 0 Å². The van der Waals surface area contributed by atoms with E-state index in [1.165, 1.54) is 30.5 Å². The van der Waals surface area contributed by atoms with Crippen LogP contribution in [0.3, 0.4) is 0 Å². The maximum absolute atomic E-state index is 6.29. The average Bonchev–Trinajstić information content (AvgIpc) is 2.56. The second-order valence-electron chi connectivity index (χ2n) is 8.17. The molecule has 0 spiro atoms. The van der Waals surface area contributed by atoms with Crippen LogP contribution in [0.4, 0.5) is 5.69 Å². The van der Waals surface area contributed by atoms with Crippen LogP contribution in [0, 0.1) is 5.92 Å². The van der Waals surface area contributed by atoms with Gasteiger partial charge < -0.3 is 10.1 Å². The smallest absolute Gasteiger partial charge is 0.0663 e. The van der Waals surface area contributed by atoms with E-state index >= 15 is 0 Å². The number of benzene rings is 1. The van der Waals surface area contributed by atoms with E-state index in [-0.39, 0.29) is 11.2 Å². The summed E-state index contributed by atoms with van der Waals surface area (Å²) in [5, 5.41) is 3.62. The van der Waals surface area contributed by atoms with Crippen LogP contribution in [0.5, 0.6) is 0 Å². The van der Waals surface area contributed by atoms with Gasteiger partial charge in [-0.3, -0.25) is 0 Å². The van der Waals surface area contributed by atoms with Crippen LogP contribution in [0.1, 0.15) is 65.4 Å². The molecule has 2 nitrogen and oxygen atoms in total. The van der Waals surface area contributed by atoms with Crippen molar-refractivity contribution in [3.8, 4) is 0 Å². The lowest BCUT2D eigenvalue weighted by molar-refractivity contribution is -0.0757. The molecular formula is C19H29NO. The van der Waals surface area contributed by atoms with E-state index in [0.717, 1.165) is 0 Å². The molecule has 0 aliphatic carbocycles. The number of rotatable bonds is 2. The standard InChI is InChI=1S/C19H29NO/c1-13-10-14(16-8-6-7-9-17(16)20-13)11-15-12-18(2,3)21-19(15,4)5/h6-9,13-15,20H,10-12H2,1-5H3. The summed E-state index contributed by atoms with van der Waals surface area (Å²) in [5.74, 6) is 1.29. The van der Waals surface area contributed by atoms with E-state index in [1.807, 2.05) is 0 Å². The molecule has 0 radical (unpaired) electrons. The second kappa shape index (κ2) is 5.01. The van der Waals surface area contributed by atoms with Gasteiger partial charge in [-0.05, 0) is 77.3 Å². The number of para-hydroxylation sites is 1. The zero-order valence-electron chi connectivity index (χ0n) is 14.1. The molecule has 1 saturated heterocycles. The minimum absolute atomic E-state index is 0.00738. The van der Waals surface area contributed by atoms with E-state index < -0.39 is 0 Å². The Bertz CT molecular complexity index is 520. The molecule has 2 heterocycles. The Labute approximate surface area is 129 Å². The lowest BCUT2D eigenvalue weighted by Crippen LogP contribution is -2.32. The van der Waals surface area contributed by atoms with Crippen molar-refractivity contribution in [1.29, 1.82) is 0 Å². The number of hydrogen-bond acceptors (Lipinski definition) is 2. The lowest BCUT2D eigenvalue weighted by Gasteiger charge is -2.35. The quantitative estimate of drug-likeness (QED) is 0.830. The Hall–Kier alpha value is -1.02. The number of hydrogen-bond donors (Lipinski definition) is 1. The first-order chi connectivity index (χ1) is 9.77. The first-order valence-corrected chi connectivity index (χ1v) is 8.32. The first kappa shape index (κ1) is 14.9. The topological polar surface area (TPSA) is 21.3 Å². The van der Waals surface area contributed by atoms with E-state index in [1.54, 1.807) is 0 Å². The average molecular weight is 287 g/mol. The van der Waals surface area contributed by atoms with Gasteiger partial charge in [-0.15, -0.1) is 0 Å². The molecule has 2 aliphatic heterocycles. The molecule has 0 bridgehead atoms. The molecule has 3 atom stereocenters. The van der Waals surface area contributed by atoms with Gasteiger partial charge >= 0.3 is 0 Å². The second-order valence-corrected chi connectivity index (χ2v) is 8.17. The van der Waals surface area contributed by atoms with Crippen molar-refractivity contribution in [1.82, 2.24) is 0 Å². The molecule has 3 unspecified atom stereocenters. The largest absolute Gasteiger partial charge is 0.382 e. The molecule has 1 fully saturated rings. The normalized spacial score (nSPS) is 33.3. The van der Waals surface area contributed by atoms with Crippen molar-refractivity contribution in [2.24, 2.45) is 5.92 Å². The highest BCUT2D eigenvalue weighted by molar-refractivity contribution is 5.55. The minimum Gasteiger partial charge on any atom is -0.382 e. The van der Waals surface area contributed by atoms with Crippen LogP contribution in [0.2, 0.25) is 0 Å². The van der Waals surface area contributed by atoms with E-state index in [0.29, 0.717) is 17.9 Å². The van der Waals surface area contributed by atoms with Crippen molar-refractivity contribution >= 4 is 5.69 Å². The SMILES string of the molecule is CC1CC(CC2CC(C)(C)OC2(C)C)c2ccccc2N1. The van der Waals surface area contributed by atoms with Crippen LogP contribution in [-0.2, 0) is 4.74 Å². The van der Waals surface area contributed by atoms with Crippen LogP contribution < -0.4 is 5.32 Å². The maximum atomic E-state index is 6.29. The van der Waals surface area contributed by atoms with Crippen LogP contribution >= 0.6 is 0 Å². The fourth-order valence-electron chi connectivity index (χ4n) is 4.47. The molecule has 0 aromatic heterocycles. The van der Waals surface area contributed by atoms with Crippen molar-refractivity contribution in [2.45, 2.75) is 77.0 Å². The summed E-state index contributed by atoms with van der Waals surface area (Å²) in [6.07, 6.45) is 3.63. The van der Waals surface area contributed by atoms with Gasteiger partial charge in [0.1, 0.15) is 0 Å². The van der Waals surface area contributed by atoms with Crippen molar-refractivity contribution in [3.05, 3.63) is 29.8 Å². The Balaban J connectivity index is 1.82. The van der Waals surface area contributed by atoms with Gasteiger partial charge in [-0.2, -0.15) is 0 Å². The summed E-state index contributed by atoms with van der Waals surface area (Å²) in [5.41, 5.74) is 2.84. The van der Waals surface area contributed by atoms with Crippen LogP contribution in [0.15, 0.2) is 24.3 Å². The minimum atomic E-state index is -0.00738. The Morgan fingerprint density at radius 3 is 2.57 bits per heavy atom. The predicted octanol–water partition coefficient (Wildman–Crippen LogP) is 4.96. The highest BCUT2D eigenvalue weighted by Crippen LogP contribution is 2.48. The fourth-order valence-corrected chi connectivity index (χ4v) is 4.47. The van der Waals surface area contributed by atoms with Gasteiger partial charge in [0.05, 0.1) is 11.2 Å². The highest BCUT2D eigenvalue weighted by atomic mass is 16.5. The third-order valence-corrected chi connectivity index (χ3v) is 5.27. The summed E-state index contributed by atoms with van der Waals surface area (Å²) in [6, 6.07) is 9.38. The lowest BCUT2D eigenvalue weighted by atomic mass is 9.75. The zero-order chi connectivity index (χ0) is 15.3. The monoisotopic (exact) mass is 287 g/mol. The van der Waals surface area contributed by atoms with Crippen LogP contribution in [-0.4, -0.2) is 17.2 Å². The first-order valence-electron chi connectivity index (χ1n) is 8.32. The molecular weight excluding hydrogens is 258 g/mol. The van der Waals surface area contributed by atoms with E-state index in [9.17, 15) is 0 Å². The fraction of sp³-hybridized carbons (Fsp3) is 0.684. The molecule has 2 aliphatic rings. The predicted molar refractivity (Wildman–Crippen MR) is 88.9 cm³/mol. The summed E-state index contributed by atoms with van der Waals surface area (Å²) < 4.78 is 6.29. The summed E-state index contributed by atoms with van der Waals surface area (Å²) in [4.78, 5) is 0. The third-order valence-electron chi connectivity index (χ3n) is 5.27. The molecule has 0 saturated carbocycles. The van der Waals surface area contributed by atoms with Gasteiger partial charge in [-0.25, -0.2) is 0 Å². The number of anilines is 1. The Morgan fingerprint density at radius 2 is 1.90 bits per heavy atom. The molecule has 1 aromatic carbocycles. The van der Waals surface area contributed by atoms with Gasteiger partial charge in [-0.1, -0.05) is 18.2 Å². The van der Waals surface area contributed by atoms with Gasteiger partial charge in [0, 0.05) is 11.7 Å². The third kappa shape index (κ3) is 2.96. The molecule has 3 rings (SSSR count). The molecule has 0 amide bonds. The summed E-state index contributed by atoms with van der Waals surface area (Å²) in [6.45, 7) is 11.3. The Morgan fingerprint density at radius 1 is 1.19 bits per heavy atom. The molecule has 21 heavy (non-hydrogen) atoms. The maximum Gasteiger partial charge on any atom is 0.0663 e. The van der Waals surface area contributed by atoms with Gasteiger partial charge in [0.15, 0.2) is 0 Å². The van der Waals surface area contributed by atoms with Crippen LogP contribution in [0.25, 0.3) is 0 Å². The molecule has 2 heteroatoms. The highest BCUT2D eigenvalue weighted by Gasteiger charge is 2.46. The van der Waals surface area contributed by atoms with Crippen molar-refractivity contribution in [2.75, 3.05) is 5.32 Å². The van der Waals surface area contributed by atoms with Gasteiger partial charge in [0.2, 0.25) is 0 Å². The molecule has 1 aromatic rings.